The van der Waals surface area contributed by atoms with Gasteiger partial charge in [-0.15, -0.1) is 11.3 Å². The first-order chi connectivity index (χ1) is 27.3. The number of carbonyl (C=O) groups excluding carboxylic acids is 5. The topological polar surface area (TPSA) is 186 Å². The van der Waals surface area contributed by atoms with Crippen molar-refractivity contribution in [3.63, 3.8) is 0 Å². The Kier molecular flexibility index (Phi) is 14.2. The summed E-state index contributed by atoms with van der Waals surface area (Å²) >= 11 is 1.57. The number of aromatic nitrogens is 2. The van der Waals surface area contributed by atoms with Gasteiger partial charge in [-0.1, -0.05) is 45.0 Å². The molecular weight excluding hydrogens is 761 g/mol. The molecule has 0 unspecified atom stereocenters. The van der Waals surface area contributed by atoms with Gasteiger partial charge in [0, 0.05) is 58.3 Å². The van der Waals surface area contributed by atoms with Gasteiger partial charge in [-0.3, -0.25) is 19.2 Å². The minimum absolute atomic E-state index is 0.0246. The fourth-order valence-electron chi connectivity index (χ4n) is 6.95. The minimum Gasteiger partial charge on any atom is -0.444 e. The number of β-amino-alcohol motifs (C(OH)–C–C–N with tert-alkyl or cyclic N) is 1. The predicted molar refractivity (Wildman–Crippen MR) is 222 cm³/mol. The van der Waals surface area contributed by atoms with E-state index in [0.29, 0.717) is 44.0 Å². The predicted octanol–water partition coefficient (Wildman–Crippen LogP) is 4.45. The molecule has 4 N–H and O–H groups in total. The Morgan fingerprint density at radius 2 is 1.64 bits per heavy atom. The van der Waals surface area contributed by atoms with E-state index in [0.717, 1.165) is 21.7 Å². The number of ether oxygens (including phenoxy) is 1. The molecule has 0 aliphatic carbocycles. The highest BCUT2D eigenvalue weighted by Crippen LogP contribution is 2.30. The second-order valence-corrected chi connectivity index (χ2v) is 18.0. The van der Waals surface area contributed by atoms with Gasteiger partial charge in [0.1, 0.15) is 23.5 Å². The lowest BCUT2D eigenvalue weighted by Gasteiger charge is -2.36. The summed E-state index contributed by atoms with van der Waals surface area (Å²) in [6.45, 7) is 17.2. The van der Waals surface area contributed by atoms with Crippen molar-refractivity contribution in [2.75, 3.05) is 44.2 Å². The number of pyridine rings is 1. The Balaban J connectivity index is 1.08. The number of carbonyl (C=O) groups is 5. The number of aliphatic hydroxyl groups is 1. The zero-order chi connectivity index (χ0) is 42.4. The molecule has 314 valence electrons. The van der Waals surface area contributed by atoms with E-state index < -0.39 is 35.1 Å². The number of nitrogens with zero attached hydrogens (tertiary/aromatic N) is 5. The third kappa shape index (κ3) is 11.5. The summed E-state index contributed by atoms with van der Waals surface area (Å²) in [5, 5.41) is 19.3. The number of thiazole rings is 1. The first-order valence-electron chi connectivity index (χ1n) is 19.9. The van der Waals surface area contributed by atoms with Crippen LogP contribution in [0.25, 0.3) is 10.4 Å². The molecule has 2 aromatic heterocycles. The van der Waals surface area contributed by atoms with E-state index in [-0.39, 0.29) is 55.8 Å². The maximum absolute atomic E-state index is 14.0. The van der Waals surface area contributed by atoms with Gasteiger partial charge in [-0.05, 0) is 69.7 Å². The quantitative estimate of drug-likeness (QED) is 0.190. The number of rotatable bonds is 12. The Morgan fingerprint density at radius 1 is 0.948 bits per heavy atom. The standard InChI is InChI=1S/C42H58N8O7S/c1-26(28-11-13-29(14-12-28)35-27(2)45-25-58-35)46-38(54)32-22-31(51)24-50(32)39(55)36(41(3,4)5)47-34(52)10-9-17-43-37(53)30-15-16-33(44-23-30)48-18-20-49(21-19-48)40(56)57-42(6,7)8/h11-16,23,25-26,31-32,36,51H,9-10,17-22,24H2,1-8H3,(H,43,53)(H,46,54)(H,47,52)/t26-,31+,32-,36+/m0/s1. The second kappa shape index (κ2) is 18.7. The van der Waals surface area contributed by atoms with Crippen LogP contribution in [0.2, 0.25) is 0 Å². The van der Waals surface area contributed by atoms with Gasteiger partial charge in [0.2, 0.25) is 17.7 Å². The smallest absolute Gasteiger partial charge is 0.410 e. The molecule has 2 fully saturated rings. The molecule has 5 rings (SSSR count). The molecule has 4 heterocycles. The Hall–Kier alpha value is -5.09. The van der Waals surface area contributed by atoms with Crippen LogP contribution in [0.15, 0.2) is 48.1 Å². The molecule has 2 aliphatic rings. The number of aryl methyl sites for hydroxylation is 1. The van der Waals surface area contributed by atoms with Crippen LogP contribution in [0.1, 0.15) is 95.4 Å². The van der Waals surface area contributed by atoms with Crippen LogP contribution in [-0.4, -0.2) is 118 Å². The first-order valence-corrected chi connectivity index (χ1v) is 20.7. The SMILES string of the molecule is Cc1ncsc1-c1ccc([C@H](C)NC(=O)[C@@H]2C[C@@H](O)CN2C(=O)[C@@H](NC(=O)CCCNC(=O)c2ccc(N3CCN(C(=O)OC(C)(C)C)CC3)nc2)C(C)(C)C)cc1. The number of likely N-dealkylation sites (tertiary alicyclic amines) is 1. The summed E-state index contributed by atoms with van der Waals surface area (Å²) in [5.41, 5.74) is 3.82. The number of amides is 5. The Morgan fingerprint density at radius 3 is 2.22 bits per heavy atom. The molecule has 58 heavy (non-hydrogen) atoms. The monoisotopic (exact) mass is 818 g/mol. The van der Waals surface area contributed by atoms with Crippen molar-refractivity contribution >= 4 is 46.9 Å². The number of hydrogen-bond donors (Lipinski definition) is 4. The van der Waals surface area contributed by atoms with Crippen molar-refractivity contribution in [2.24, 2.45) is 5.41 Å². The van der Waals surface area contributed by atoms with Gasteiger partial charge in [0.05, 0.1) is 33.8 Å². The molecule has 0 bridgehead atoms. The van der Waals surface area contributed by atoms with Gasteiger partial charge >= 0.3 is 6.09 Å². The summed E-state index contributed by atoms with van der Waals surface area (Å²) in [6, 6.07) is 9.15. The third-order valence-corrected chi connectivity index (χ3v) is 11.2. The van der Waals surface area contributed by atoms with E-state index in [1.54, 1.807) is 28.4 Å². The van der Waals surface area contributed by atoms with E-state index in [2.05, 4.69) is 25.9 Å². The molecule has 2 saturated heterocycles. The normalized spacial score (nSPS) is 18.3. The number of piperazine rings is 1. The van der Waals surface area contributed by atoms with Crippen LogP contribution in [0, 0.1) is 12.3 Å². The fourth-order valence-corrected chi connectivity index (χ4v) is 7.77. The summed E-state index contributed by atoms with van der Waals surface area (Å²) in [6.07, 6.45) is 0.748. The molecular formula is C42H58N8O7S. The summed E-state index contributed by atoms with van der Waals surface area (Å²) in [5.74, 6) is -0.812. The summed E-state index contributed by atoms with van der Waals surface area (Å²) in [4.78, 5) is 81.0. The van der Waals surface area contributed by atoms with Crippen LogP contribution in [-0.2, 0) is 19.1 Å². The highest BCUT2D eigenvalue weighted by atomic mass is 32.1. The number of aliphatic hydroxyl groups excluding tert-OH is 1. The molecule has 0 spiro atoms. The maximum Gasteiger partial charge on any atom is 0.410 e. The van der Waals surface area contributed by atoms with Crippen LogP contribution in [0.5, 0.6) is 0 Å². The molecule has 5 amide bonds. The van der Waals surface area contributed by atoms with E-state index in [1.807, 2.05) is 90.1 Å². The molecule has 0 saturated carbocycles. The van der Waals surface area contributed by atoms with Crippen LogP contribution < -0.4 is 20.9 Å². The highest BCUT2D eigenvalue weighted by Gasteiger charge is 2.44. The average Bonchev–Trinajstić information content (AvgIpc) is 3.79. The largest absolute Gasteiger partial charge is 0.444 e. The molecule has 2 aliphatic heterocycles. The van der Waals surface area contributed by atoms with Crippen LogP contribution in [0.4, 0.5) is 10.6 Å². The van der Waals surface area contributed by atoms with Crippen molar-refractivity contribution in [3.8, 4) is 10.4 Å². The molecule has 15 nitrogen and oxygen atoms in total. The number of hydrogen-bond acceptors (Lipinski definition) is 11. The summed E-state index contributed by atoms with van der Waals surface area (Å²) < 4.78 is 5.47. The second-order valence-electron chi connectivity index (χ2n) is 17.1. The van der Waals surface area contributed by atoms with Crippen molar-refractivity contribution < 1.29 is 33.8 Å². The average molecular weight is 819 g/mol. The zero-order valence-corrected chi connectivity index (χ0v) is 35.6. The van der Waals surface area contributed by atoms with Crippen molar-refractivity contribution in [1.29, 1.82) is 0 Å². The lowest BCUT2D eigenvalue weighted by molar-refractivity contribution is -0.144. The third-order valence-electron chi connectivity index (χ3n) is 10.2. The van der Waals surface area contributed by atoms with Gasteiger partial charge in [0.15, 0.2) is 0 Å². The lowest BCUT2D eigenvalue weighted by Crippen LogP contribution is -2.57. The Labute approximate surface area is 344 Å². The van der Waals surface area contributed by atoms with E-state index >= 15 is 0 Å². The van der Waals surface area contributed by atoms with E-state index in [1.165, 1.54) is 11.1 Å². The van der Waals surface area contributed by atoms with Gasteiger partial charge < -0.3 is 40.5 Å². The van der Waals surface area contributed by atoms with Crippen molar-refractivity contribution in [1.82, 2.24) is 35.7 Å². The number of anilines is 1. The van der Waals surface area contributed by atoms with Crippen LogP contribution in [0.3, 0.4) is 0 Å². The highest BCUT2D eigenvalue weighted by molar-refractivity contribution is 7.13. The molecule has 0 radical (unpaired) electrons. The van der Waals surface area contributed by atoms with Gasteiger partial charge in [-0.2, -0.15) is 0 Å². The molecule has 1 aromatic carbocycles. The molecule has 3 aromatic rings. The molecule has 16 heteroatoms. The first kappa shape index (κ1) is 44.0. The van der Waals surface area contributed by atoms with E-state index in [9.17, 15) is 29.1 Å². The zero-order valence-electron chi connectivity index (χ0n) is 34.8. The number of nitrogens with one attached hydrogen (secondary N) is 3. The van der Waals surface area contributed by atoms with Gasteiger partial charge in [0.25, 0.3) is 5.91 Å². The maximum atomic E-state index is 14.0. The fraction of sp³-hybridized carbons (Fsp3) is 0.548. The lowest BCUT2D eigenvalue weighted by atomic mass is 9.85. The minimum atomic E-state index is -0.958. The summed E-state index contributed by atoms with van der Waals surface area (Å²) in [7, 11) is 0. The molecule has 4 atom stereocenters. The van der Waals surface area contributed by atoms with Crippen molar-refractivity contribution in [3.05, 3.63) is 64.9 Å². The van der Waals surface area contributed by atoms with Crippen molar-refractivity contribution in [2.45, 2.75) is 104 Å². The van der Waals surface area contributed by atoms with E-state index in [4.69, 9.17) is 4.74 Å². The van der Waals surface area contributed by atoms with Gasteiger partial charge in [-0.25, -0.2) is 14.8 Å². The number of benzene rings is 1. The van der Waals surface area contributed by atoms with Crippen LogP contribution >= 0.6 is 11.3 Å². The Bertz CT molecular complexity index is 1910.